The van der Waals surface area contributed by atoms with Crippen molar-refractivity contribution in [2.45, 2.75) is 47.0 Å². The highest BCUT2D eigenvalue weighted by molar-refractivity contribution is 7.84. The van der Waals surface area contributed by atoms with Crippen LogP contribution in [0.3, 0.4) is 0 Å². The monoisotopic (exact) mass is 212 g/mol. The van der Waals surface area contributed by atoms with Gasteiger partial charge in [0, 0.05) is 0 Å². The summed E-state index contributed by atoms with van der Waals surface area (Å²) in [6.45, 7) is 16.9. The lowest BCUT2D eigenvalue weighted by atomic mass is 9.73. The average molecular weight is 212 g/mol. The highest BCUT2D eigenvalue weighted by Gasteiger charge is 2.25. The Morgan fingerprint density at radius 3 is 2.14 bits per heavy atom. The first-order valence-corrected chi connectivity index (χ1v) is 5.75. The fourth-order valence-corrected chi connectivity index (χ4v) is 1.92. The van der Waals surface area contributed by atoms with Crippen LogP contribution in [0.15, 0.2) is 23.6 Å². The minimum Gasteiger partial charge on any atom is -0.149 e. The van der Waals surface area contributed by atoms with Gasteiger partial charge in [-0.05, 0) is 42.4 Å². The summed E-state index contributed by atoms with van der Waals surface area (Å²) in [5, 5.41) is 0. The predicted molar refractivity (Wildman–Crippen MR) is 69.7 cm³/mol. The molecule has 82 valence electrons. The maximum absolute atomic E-state index is 4.24. The SMILES string of the molecule is C=C(S)CCC(C)(CC(C)C)C(=C)C. The molecule has 0 rings (SSSR count). The minimum atomic E-state index is 0.250. The molecule has 0 nitrogen and oxygen atoms in total. The third-order valence-electron chi connectivity index (χ3n) is 2.85. The molecule has 0 aromatic rings. The van der Waals surface area contributed by atoms with Crippen LogP contribution in [-0.2, 0) is 0 Å². The largest absolute Gasteiger partial charge is 0.149 e. The van der Waals surface area contributed by atoms with Crippen molar-refractivity contribution in [3.63, 3.8) is 0 Å². The van der Waals surface area contributed by atoms with Crippen molar-refractivity contribution in [3.05, 3.63) is 23.6 Å². The Morgan fingerprint density at radius 2 is 1.86 bits per heavy atom. The lowest BCUT2D eigenvalue weighted by molar-refractivity contribution is 0.292. The summed E-state index contributed by atoms with van der Waals surface area (Å²) in [6, 6.07) is 0. The molecular formula is C13H24S. The zero-order valence-corrected chi connectivity index (χ0v) is 11.0. The van der Waals surface area contributed by atoms with E-state index in [2.05, 4.69) is 53.5 Å². The van der Waals surface area contributed by atoms with Crippen molar-refractivity contribution < 1.29 is 0 Å². The summed E-state index contributed by atoms with van der Waals surface area (Å²) in [7, 11) is 0. The first-order valence-electron chi connectivity index (χ1n) is 5.30. The van der Waals surface area contributed by atoms with Crippen molar-refractivity contribution in [3.8, 4) is 0 Å². The maximum Gasteiger partial charge on any atom is -0.0116 e. The van der Waals surface area contributed by atoms with Crippen molar-refractivity contribution in [1.82, 2.24) is 0 Å². The molecule has 0 aromatic carbocycles. The van der Waals surface area contributed by atoms with Crippen molar-refractivity contribution in [2.24, 2.45) is 11.3 Å². The molecule has 0 fully saturated rings. The quantitative estimate of drug-likeness (QED) is 0.473. The van der Waals surface area contributed by atoms with Crippen molar-refractivity contribution >= 4 is 12.6 Å². The first-order chi connectivity index (χ1) is 6.28. The van der Waals surface area contributed by atoms with Gasteiger partial charge >= 0.3 is 0 Å². The Kier molecular flexibility index (Phi) is 5.58. The van der Waals surface area contributed by atoms with E-state index in [1.165, 1.54) is 12.0 Å². The Bertz CT molecular complexity index is 215. The van der Waals surface area contributed by atoms with Gasteiger partial charge in [0.25, 0.3) is 0 Å². The van der Waals surface area contributed by atoms with Gasteiger partial charge in [-0.25, -0.2) is 0 Å². The standard InChI is InChI=1S/C13H24S/c1-10(2)9-13(6,11(3)4)8-7-12(5)14/h10,14H,3,5,7-9H2,1-2,4,6H3. The summed E-state index contributed by atoms with van der Waals surface area (Å²) in [4.78, 5) is 0.973. The molecule has 0 aliphatic heterocycles. The molecule has 0 aliphatic carbocycles. The van der Waals surface area contributed by atoms with Crippen LogP contribution in [0.1, 0.15) is 47.0 Å². The molecule has 0 radical (unpaired) electrons. The third-order valence-corrected chi connectivity index (χ3v) is 3.08. The molecule has 0 saturated heterocycles. The van der Waals surface area contributed by atoms with Gasteiger partial charge in [0.05, 0.1) is 0 Å². The van der Waals surface area contributed by atoms with Gasteiger partial charge in [-0.1, -0.05) is 39.5 Å². The Morgan fingerprint density at radius 1 is 1.36 bits per heavy atom. The number of allylic oxidation sites excluding steroid dienone is 2. The molecule has 0 spiro atoms. The van der Waals surface area contributed by atoms with Crippen LogP contribution in [-0.4, -0.2) is 0 Å². The van der Waals surface area contributed by atoms with E-state index in [4.69, 9.17) is 0 Å². The number of rotatable bonds is 6. The van der Waals surface area contributed by atoms with E-state index in [1.807, 2.05) is 0 Å². The van der Waals surface area contributed by atoms with Crippen molar-refractivity contribution in [1.29, 1.82) is 0 Å². The molecule has 0 heterocycles. The van der Waals surface area contributed by atoms with Crippen LogP contribution in [0.5, 0.6) is 0 Å². The zero-order valence-electron chi connectivity index (χ0n) is 10.1. The molecule has 1 heteroatoms. The fourth-order valence-electron chi connectivity index (χ4n) is 1.81. The number of hydrogen-bond donors (Lipinski definition) is 1. The van der Waals surface area contributed by atoms with Gasteiger partial charge in [-0.2, -0.15) is 0 Å². The topological polar surface area (TPSA) is 0 Å². The summed E-state index contributed by atoms with van der Waals surface area (Å²) in [5.74, 6) is 0.713. The second kappa shape index (κ2) is 5.65. The number of hydrogen-bond acceptors (Lipinski definition) is 1. The van der Waals surface area contributed by atoms with Gasteiger partial charge < -0.3 is 0 Å². The van der Waals surface area contributed by atoms with Gasteiger partial charge in [0.1, 0.15) is 0 Å². The van der Waals surface area contributed by atoms with E-state index in [1.54, 1.807) is 0 Å². The van der Waals surface area contributed by atoms with Crippen LogP contribution in [0.4, 0.5) is 0 Å². The molecule has 0 aliphatic rings. The van der Waals surface area contributed by atoms with Gasteiger partial charge in [-0.3, -0.25) is 0 Å². The van der Waals surface area contributed by atoms with E-state index < -0.39 is 0 Å². The van der Waals surface area contributed by atoms with Gasteiger partial charge in [0.2, 0.25) is 0 Å². The molecule has 0 bridgehead atoms. The zero-order chi connectivity index (χ0) is 11.4. The van der Waals surface area contributed by atoms with E-state index in [9.17, 15) is 0 Å². The minimum absolute atomic E-state index is 0.250. The van der Waals surface area contributed by atoms with Gasteiger partial charge in [-0.15, -0.1) is 12.6 Å². The average Bonchev–Trinajstić information content (AvgIpc) is 1.99. The van der Waals surface area contributed by atoms with Crippen molar-refractivity contribution in [2.75, 3.05) is 0 Å². The third kappa shape index (κ3) is 4.90. The smallest absolute Gasteiger partial charge is 0.0116 e. The summed E-state index contributed by atoms with van der Waals surface area (Å²) >= 11 is 4.24. The molecule has 0 N–H and O–H groups in total. The van der Waals surface area contributed by atoms with E-state index in [0.717, 1.165) is 17.7 Å². The Balaban J connectivity index is 4.39. The predicted octanol–water partition coefficient (Wildman–Crippen LogP) is 4.84. The Hall–Kier alpha value is -0.170. The maximum atomic E-state index is 4.24. The fraction of sp³-hybridized carbons (Fsp3) is 0.692. The molecule has 1 unspecified atom stereocenters. The van der Waals surface area contributed by atoms with E-state index in [-0.39, 0.29) is 5.41 Å². The van der Waals surface area contributed by atoms with Crippen LogP contribution in [0.25, 0.3) is 0 Å². The summed E-state index contributed by atoms with van der Waals surface area (Å²) < 4.78 is 0. The normalized spacial score (nSPS) is 15.3. The van der Waals surface area contributed by atoms with Crippen LogP contribution in [0.2, 0.25) is 0 Å². The molecular weight excluding hydrogens is 188 g/mol. The molecule has 0 saturated carbocycles. The second-order valence-electron chi connectivity index (χ2n) is 5.01. The van der Waals surface area contributed by atoms with Gasteiger partial charge in [0.15, 0.2) is 0 Å². The van der Waals surface area contributed by atoms with E-state index in [0.29, 0.717) is 5.92 Å². The van der Waals surface area contributed by atoms with E-state index >= 15 is 0 Å². The molecule has 14 heavy (non-hydrogen) atoms. The lowest BCUT2D eigenvalue weighted by Crippen LogP contribution is -2.20. The summed E-state index contributed by atoms with van der Waals surface area (Å²) in [6.07, 6.45) is 3.30. The van der Waals surface area contributed by atoms with Crippen LogP contribution >= 0.6 is 12.6 Å². The Labute approximate surface area is 94.9 Å². The number of thiol groups is 1. The van der Waals surface area contributed by atoms with Crippen LogP contribution in [0, 0.1) is 11.3 Å². The highest BCUT2D eigenvalue weighted by atomic mass is 32.1. The van der Waals surface area contributed by atoms with Crippen LogP contribution < -0.4 is 0 Å². The molecule has 0 aromatic heterocycles. The lowest BCUT2D eigenvalue weighted by Gasteiger charge is -2.32. The molecule has 1 atom stereocenters. The molecule has 0 amide bonds. The highest BCUT2D eigenvalue weighted by Crippen LogP contribution is 2.38. The first kappa shape index (κ1) is 13.8. The summed E-state index contributed by atoms with van der Waals surface area (Å²) in [5.41, 5.74) is 1.53. The second-order valence-corrected chi connectivity index (χ2v) is 5.64.